The summed E-state index contributed by atoms with van der Waals surface area (Å²) in [5.41, 5.74) is 5.76. The average molecular weight is 195 g/mol. The predicted octanol–water partition coefficient (Wildman–Crippen LogP) is 1.00. The molecule has 0 aliphatic carbocycles. The number of carbonyl (C=O) groups is 1. The van der Waals surface area contributed by atoms with Crippen molar-refractivity contribution in [2.45, 2.75) is 26.7 Å². The highest BCUT2D eigenvalue weighted by molar-refractivity contribution is 5.76. The number of amides is 1. The van der Waals surface area contributed by atoms with E-state index < -0.39 is 0 Å². The fourth-order valence-corrected chi connectivity index (χ4v) is 1.09. The SMILES string of the molecule is CCC/C(C#N)=C\N(CC)CC(N)=O. The van der Waals surface area contributed by atoms with Crippen LogP contribution in [0, 0.1) is 11.3 Å². The van der Waals surface area contributed by atoms with Crippen LogP contribution in [-0.2, 0) is 4.79 Å². The molecular weight excluding hydrogens is 178 g/mol. The maximum Gasteiger partial charge on any atom is 0.236 e. The molecule has 0 bridgehead atoms. The molecule has 0 aromatic rings. The number of primary amides is 1. The lowest BCUT2D eigenvalue weighted by molar-refractivity contribution is -0.118. The number of carbonyl (C=O) groups excluding carboxylic acids is 1. The third-order valence-electron chi connectivity index (χ3n) is 1.77. The summed E-state index contributed by atoms with van der Waals surface area (Å²) in [6.07, 6.45) is 3.38. The molecule has 1 amide bonds. The zero-order chi connectivity index (χ0) is 11.0. The minimum Gasteiger partial charge on any atom is -0.368 e. The minimum atomic E-state index is -0.378. The molecule has 0 unspecified atom stereocenters. The molecule has 0 heterocycles. The second kappa shape index (κ2) is 6.96. The molecule has 0 rings (SSSR count). The highest BCUT2D eigenvalue weighted by Gasteiger charge is 2.03. The largest absolute Gasteiger partial charge is 0.368 e. The third kappa shape index (κ3) is 5.20. The van der Waals surface area contributed by atoms with E-state index in [1.54, 1.807) is 11.1 Å². The van der Waals surface area contributed by atoms with Crippen molar-refractivity contribution in [2.75, 3.05) is 13.1 Å². The Labute approximate surface area is 85.0 Å². The summed E-state index contributed by atoms with van der Waals surface area (Å²) in [5.74, 6) is -0.378. The van der Waals surface area contributed by atoms with E-state index in [4.69, 9.17) is 11.0 Å². The van der Waals surface area contributed by atoms with Crippen LogP contribution in [-0.4, -0.2) is 23.9 Å². The van der Waals surface area contributed by atoms with Gasteiger partial charge in [-0.25, -0.2) is 0 Å². The van der Waals surface area contributed by atoms with Gasteiger partial charge < -0.3 is 10.6 Å². The highest BCUT2D eigenvalue weighted by atomic mass is 16.1. The van der Waals surface area contributed by atoms with Gasteiger partial charge in [-0.1, -0.05) is 13.3 Å². The standard InChI is InChI=1S/C10H17N3O/c1-3-5-9(6-11)7-13(4-2)8-10(12)14/h7H,3-5,8H2,1-2H3,(H2,12,14)/b9-7+. The molecule has 0 aromatic carbocycles. The van der Waals surface area contributed by atoms with E-state index in [9.17, 15) is 4.79 Å². The maximum atomic E-state index is 10.7. The number of allylic oxidation sites excluding steroid dienone is 1. The number of hydrogen-bond donors (Lipinski definition) is 1. The lowest BCUT2D eigenvalue weighted by atomic mass is 10.2. The lowest BCUT2D eigenvalue weighted by Gasteiger charge is -2.16. The number of nitriles is 1. The van der Waals surface area contributed by atoms with Crippen molar-refractivity contribution < 1.29 is 4.79 Å². The van der Waals surface area contributed by atoms with Crippen LogP contribution < -0.4 is 5.73 Å². The van der Waals surface area contributed by atoms with Crippen LogP contribution in [0.2, 0.25) is 0 Å². The first-order valence-corrected chi connectivity index (χ1v) is 4.77. The van der Waals surface area contributed by atoms with Crippen LogP contribution in [0.5, 0.6) is 0 Å². The second-order valence-electron chi connectivity index (χ2n) is 3.05. The van der Waals surface area contributed by atoms with E-state index in [2.05, 4.69) is 6.07 Å². The van der Waals surface area contributed by atoms with Gasteiger partial charge in [0.2, 0.25) is 5.91 Å². The van der Waals surface area contributed by atoms with E-state index >= 15 is 0 Å². The van der Waals surface area contributed by atoms with Gasteiger partial charge >= 0.3 is 0 Å². The monoisotopic (exact) mass is 195 g/mol. The van der Waals surface area contributed by atoms with Crippen LogP contribution in [0.3, 0.4) is 0 Å². The summed E-state index contributed by atoms with van der Waals surface area (Å²) in [6, 6.07) is 2.11. The lowest BCUT2D eigenvalue weighted by Crippen LogP contribution is -2.30. The summed E-state index contributed by atoms with van der Waals surface area (Å²) in [5, 5.41) is 8.77. The highest BCUT2D eigenvalue weighted by Crippen LogP contribution is 2.04. The molecule has 4 heteroatoms. The summed E-state index contributed by atoms with van der Waals surface area (Å²) < 4.78 is 0. The van der Waals surface area contributed by atoms with Gasteiger partial charge in [-0.2, -0.15) is 5.26 Å². The number of nitrogens with zero attached hydrogens (tertiary/aromatic N) is 2. The first-order chi connectivity index (χ1) is 6.63. The molecular formula is C10H17N3O. The normalized spacial score (nSPS) is 10.8. The fourth-order valence-electron chi connectivity index (χ4n) is 1.09. The van der Waals surface area contributed by atoms with Crippen molar-refractivity contribution in [3.8, 4) is 6.07 Å². The molecule has 0 spiro atoms. The molecule has 4 nitrogen and oxygen atoms in total. The van der Waals surface area contributed by atoms with E-state index in [1.807, 2.05) is 13.8 Å². The molecule has 0 aliphatic rings. The van der Waals surface area contributed by atoms with Crippen molar-refractivity contribution in [3.05, 3.63) is 11.8 Å². The maximum absolute atomic E-state index is 10.7. The zero-order valence-corrected chi connectivity index (χ0v) is 8.79. The third-order valence-corrected chi connectivity index (χ3v) is 1.77. The Morgan fingerprint density at radius 3 is 2.57 bits per heavy atom. The van der Waals surface area contributed by atoms with Crippen LogP contribution in [0.4, 0.5) is 0 Å². The van der Waals surface area contributed by atoms with E-state index in [-0.39, 0.29) is 12.5 Å². The molecule has 2 N–H and O–H groups in total. The number of hydrogen-bond acceptors (Lipinski definition) is 3. The Morgan fingerprint density at radius 1 is 1.57 bits per heavy atom. The van der Waals surface area contributed by atoms with Gasteiger partial charge in [-0.15, -0.1) is 0 Å². The smallest absolute Gasteiger partial charge is 0.236 e. The van der Waals surface area contributed by atoms with Gasteiger partial charge in [-0.05, 0) is 13.3 Å². The Balaban J connectivity index is 4.38. The zero-order valence-electron chi connectivity index (χ0n) is 8.79. The van der Waals surface area contributed by atoms with Crippen molar-refractivity contribution in [3.63, 3.8) is 0 Å². The molecule has 0 aliphatic heterocycles. The van der Waals surface area contributed by atoms with Gasteiger partial charge in [-0.3, -0.25) is 4.79 Å². The number of nitrogens with two attached hydrogens (primary N) is 1. The van der Waals surface area contributed by atoms with Crippen LogP contribution in [0.1, 0.15) is 26.7 Å². The molecule has 78 valence electrons. The molecule has 0 fully saturated rings. The summed E-state index contributed by atoms with van der Waals surface area (Å²) in [4.78, 5) is 12.4. The Bertz CT molecular complexity index is 253. The number of rotatable bonds is 6. The molecule has 0 atom stereocenters. The Kier molecular flexibility index (Phi) is 6.21. The quantitative estimate of drug-likeness (QED) is 0.643. The summed E-state index contributed by atoms with van der Waals surface area (Å²) in [6.45, 7) is 4.78. The van der Waals surface area contributed by atoms with Gasteiger partial charge in [0, 0.05) is 18.3 Å². The van der Waals surface area contributed by atoms with Gasteiger partial charge in [0.05, 0.1) is 12.6 Å². The number of likely N-dealkylation sites (N-methyl/N-ethyl adjacent to an activating group) is 1. The van der Waals surface area contributed by atoms with E-state index in [0.717, 1.165) is 12.8 Å². The van der Waals surface area contributed by atoms with Crippen molar-refractivity contribution in [1.29, 1.82) is 5.26 Å². The molecule has 0 radical (unpaired) electrons. The van der Waals surface area contributed by atoms with Crippen LogP contribution >= 0.6 is 0 Å². The molecule has 0 aromatic heterocycles. The van der Waals surface area contributed by atoms with E-state index in [0.29, 0.717) is 12.1 Å². The van der Waals surface area contributed by atoms with E-state index in [1.165, 1.54) is 0 Å². The van der Waals surface area contributed by atoms with Crippen molar-refractivity contribution >= 4 is 5.91 Å². The van der Waals surface area contributed by atoms with Gasteiger partial charge in [0.25, 0.3) is 0 Å². The molecule has 0 saturated carbocycles. The van der Waals surface area contributed by atoms with Crippen molar-refractivity contribution in [1.82, 2.24) is 4.90 Å². The fraction of sp³-hybridized carbons (Fsp3) is 0.600. The molecule has 0 saturated heterocycles. The summed E-state index contributed by atoms with van der Waals surface area (Å²) in [7, 11) is 0. The topological polar surface area (TPSA) is 70.1 Å². The first-order valence-electron chi connectivity index (χ1n) is 4.77. The first kappa shape index (κ1) is 12.5. The second-order valence-corrected chi connectivity index (χ2v) is 3.05. The average Bonchev–Trinajstić information content (AvgIpc) is 2.15. The van der Waals surface area contributed by atoms with Gasteiger partial charge in [0.1, 0.15) is 0 Å². The predicted molar refractivity (Wildman–Crippen MR) is 55.0 cm³/mol. The van der Waals surface area contributed by atoms with Crippen molar-refractivity contribution in [2.24, 2.45) is 5.73 Å². The Hall–Kier alpha value is -1.50. The minimum absolute atomic E-state index is 0.172. The Morgan fingerprint density at radius 2 is 2.21 bits per heavy atom. The summed E-state index contributed by atoms with van der Waals surface area (Å²) >= 11 is 0. The van der Waals surface area contributed by atoms with Crippen LogP contribution in [0.15, 0.2) is 11.8 Å². The molecule has 14 heavy (non-hydrogen) atoms. The van der Waals surface area contributed by atoms with Gasteiger partial charge in [0.15, 0.2) is 0 Å². The van der Waals surface area contributed by atoms with Crippen LogP contribution in [0.25, 0.3) is 0 Å².